The lowest BCUT2D eigenvalue weighted by Crippen LogP contribution is -2.38. The van der Waals surface area contributed by atoms with Crippen molar-refractivity contribution in [2.75, 3.05) is 6.61 Å². The lowest BCUT2D eigenvalue weighted by molar-refractivity contribution is -0.0347. The summed E-state index contributed by atoms with van der Waals surface area (Å²) >= 11 is 0. The average molecular weight is 293 g/mol. The maximum absolute atomic E-state index is 14.0. The standard InChI is InChI=1S/C17H24FNO2/c18-15-10-13(11-19-14-5-6-14)4-7-16(15)21-12-17(20)8-2-1-3-9-17/h4,7,10,14,19-20H,1-3,5-6,8-9,11-12H2. The molecule has 1 aromatic carbocycles. The van der Waals surface area contributed by atoms with Crippen molar-refractivity contribution in [1.29, 1.82) is 0 Å². The second kappa shape index (κ2) is 6.32. The lowest BCUT2D eigenvalue weighted by atomic mass is 9.85. The first kappa shape index (κ1) is 14.8. The average Bonchev–Trinajstić information content (AvgIpc) is 3.29. The van der Waals surface area contributed by atoms with Crippen LogP contribution < -0.4 is 10.1 Å². The molecule has 0 aromatic heterocycles. The molecule has 2 fully saturated rings. The van der Waals surface area contributed by atoms with Crippen molar-refractivity contribution in [2.24, 2.45) is 0 Å². The van der Waals surface area contributed by atoms with Gasteiger partial charge in [0.15, 0.2) is 11.6 Å². The van der Waals surface area contributed by atoms with Crippen LogP contribution in [0.25, 0.3) is 0 Å². The molecule has 2 N–H and O–H groups in total. The van der Waals surface area contributed by atoms with E-state index in [2.05, 4.69) is 5.32 Å². The Kier molecular flexibility index (Phi) is 4.45. The van der Waals surface area contributed by atoms with Crippen LogP contribution in [-0.2, 0) is 6.54 Å². The fourth-order valence-corrected chi connectivity index (χ4v) is 2.89. The highest BCUT2D eigenvalue weighted by molar-refractivity contribution is 5.29. The number of halogens is 1. The molecule has 116 valence electrons. The van der Waals surface area contributed by atoms with E-state index in [9.17, 15) is 9.50 Å². The van der Waals surface area contributed by atoms with Gasteiger partial charge in [-0.3, -0.25) is 0 Å². The van der Waals surface area contributed by atoms with Crippen LogP contribution in [-0.4, -0.2) is 23.4 Å². The number of rotatable bonds is 6. The summed E-state index contributed by atoms with van der Waals surface area (Å²) in [5.41, 5.74) is 0.153. The molecule has 2 aliphatic rings. The quantitative estimate of drug-likeness (QED) is 0.846. The largest absolute Gasteiger partial charge is 0.488 e. The minimum atomic E-state index is -0.781. The molecule has 1 aromatic rings. The SMILES string of the molecule is OC1(COc2ccc(CNC3CC3)cc2F)CCCCC1. The predicted molar refractivity (Wildman–Crippen MR) is 79.8 cm³/mol. The van der Waals surface area contributed by atoms with E-state index in [0.29, 0.717) is 12.6 Å². The third kappa shape index (κ3) is 4.17. The summed E-state index contributed by atoms with van der Waals surface area (Å²) in [7, 11) is 0. The summed E-state index contributed by atoms with van der Waals surface area (Å²) in [6, 6.07) is 5.70. The van der Waals surface area contributed by atoms with Crippen molar-refractivity contribution in [3.05, 3.63) is 29.6 Å². The van der Waals surface area contributed by atoms with Gasteiger partial charge in [0.05, 0.1) is 5.60 Å². The van der Waals surface area contributed by atoms with Crippen LogP contribution in [0.4, 0.5) is 4.39 Å². The van der Waals surface area contributed by atoms with Crippen molar-refractivity contribution in [3.8, 4) is 5.75 Å². The lowest BCUT2D eigenvalue weighted by Gasteiger charge is -2.31. The van der Waals surface area contributed by atoms with Gasteiger partial charge in [0.25, 0.3) is 0 Å². The summed E-state index contributed by atoms with van der Waals surface area (Å²) in [6.45, 7) is 0.884. The van der Waals surface area contributed by atoms with E-state index >= 15 is 0 Å². The Labute approximate surface area is 125 Å². The number of hydrogen-bond acceptors (Lipinski definition) is 3. The van der Waals surface area contributed by atoms with Crippen LogP contribution in [0.15, 0.2) is 18.2 Å². The molecule has 3 rings (SSSR count). The molecule has 3 nitrogen and oxygen atoms in total. The van der Waals surface area contributed by atoms with Gasteiger partial charge in [-0.15, -0.1) is 0 Å². The zero-order chi connectivity index (χ0) is 14.7. The fourth-order valence-electron chi connectivity index (χ4n) is 2.89. The third-order valence-corrected chi connectivity index (χ3v) is 4.45. The Morgan fingerprint density at radius 3 is 2.67 bits per heavy atom. The normalized spacial score (nSPS) is 21.2. The van der Waals surface area contributed by atoms with Crippen LogP contribution in [0.1, 0.15) is 50.5 Å². The first-order valence-corrected chi connectivity index (χ1v) is 8.02. The number of nitrogens with one attached hydrogen (secondary N) is 1. The summed E-state index contributed by atoms with van der Waals surface area (Å²) in [4.78, 5) is 0. The maximum atomic E-state index is 14.0. The smallest absolute Gasteiger partial charge is 0.165 e. The Balaban J connectivity index is 1.54. The van der Waals surface area contributed by atoms with Gasteiger partial charge in [-0.25, -0.2) is 4.39 Å². The van der Waals surface area contributed by atoms with E-state index in [1.165, 1.54) is 25.3 Å². The van der Waals surface area contributed by atoms with Crippen LogP contribution >= 0.6 is 0 Å². The maximum Gasteiger partial charge on any atom is 0.165 e. The summed E-state index contributed by atoms with van der Waals surface area (Å²) < 4.78 is 19.6. The Morgan fingerprint density at radius 2 is 2.00 bits per heavy atom. The minimum absolute atomic E-state index is 0.184. The predicted octanol–water partition coefficient (Wildman–Crippen LogP) is 3.15. The summed E-state index contributed by atoms with van der Waals surface area (Å²) in [5.74, 6) is -0.103. The van der Waals surface area contributed by atoms with Crippen LogP contribution in [0.5, 0.6) is 5.75 Å². The number of ether oxygens (including phenoxy) is 1. The Bertz CT molecular complexity index is 482. The van der Waals surface area contributed by atoms with Gasteiger partial charge in [0.1, 0.15) is 6.61 Å². The summed E-state index contributed by atoms with van der Waals surface area (Å²) in [6.07, 6.45) is 7.15. The zero-order valence-corrected chi connectivity index (χ0v) is 12.4. The van der Waals surface area contributed by atoms with E-state index in [1.807, 2.05) is 6.07 Å². The first-order chi connectivity index (χ1) is 10.1. The molecule has 0 heterocycles. The highest BCUT2D eigenvalue weighted by Crippen LogP contribution is 2.29. The van der Waals surface area contributed by atoms with Gasteiger partial charge >= 0.3 is 0 Å². The highest BCUT2D eigenvalue weighted by atomic mass is 19.1. The van der Waals surface area contributed by atoms with Crippen LogP contribution in [0.2, 0.25) is 0 Å². The highest BCUT2D eigenvalue weighted by Gasteiger charge is 2.30. The second-order valence-corrected chi connectivity index (χ2v) is 6.49. The third-order valence-electron chi connectivity index (χ3n) is 4.45. The van der Waals surface area contributed by atoms with Crippen molar-refractivity contribution in [1.82, 2.24) is 5.32 Å². The molecule has 2 aliphatic carbocycles. The molecular weight excluding hydrogens is 269 g/mol. The van der Waals surface area contributed by atoms with Gasteiger partial charge < -0.3 is 15.2 Å². The molecule has 0 radical (unpaired) electrons. The molecule has 0 saturated heterocycles. The minimum Gasteiger partial charge on any atom is -0.488 e. The van der Waals surface area contributed by atoms with Gasteiger partial charge in [0, 0.05) is 12.6 Å². The van der Waals surface area contributed by atoms with Gasteiger partial charge in [-0.05, 0) is 43.4 Å². The molecule has 0 spiro atoms. The van der Waals surface area contributed by atoms with Crippen LogP contribution in [0.3, 0.4) is 0 Å². The van der Waals surface area contributed by atoms with Crippen molar-refractivity contribution < 1.29 is 14.2 Å². The second-order valence-electron chi connectivity index (χ2n) is 6.49. The van der Waals surface area contributed by atoms with Gasteiger partial charge in [0.2, 0.25) is 0 Å². The molecule has 2 saturated carbocycles. The molecule has 0 aliphatic heterocycles. The monoisotopic (exact) mass is 293 g/mol. The molecule has 4 heteroatoms. The Hall–Kier alpha value is -1.13. The van der Waals surface area contributed by atoms with Gasteiger partial charge in [-0.1, -0.05) is 25.3 Å². The van der Waals surface area contributed by atoms with Crippen LogP contribution in [0, 0.1) is 5.82 Å². The van der Waals surface area contributed by atoms with Gasteiger partial charge in [-0.2, -0.15) is 0 Å². The van der Waals surface area contributed by atoms with E-state index in [-0.39, 0.29) is 18.2 Å². The number of hydrogen-bond donors (Lipinski definition) is 2. The van der Waals surface area contributed by atoms with Crippen molar-refractivity contribution in [3.63, 3.8) is 0 Å². The van der Waals surface area contributed by atoms with E-state index < -0.39 is 5.60 Å². The Morgan fingerprint density at radius 1 is 1.24 bits per heavy atom. The molecule has 21 heavy (non-hydrogen) atoms. The molecular formula is C17H24FNO2. The summed E-state index contributed by atoms with van der Waals surface area (Å²) in [5, 5.41) is 13.7. The molecule has 0 bridgehead atoms. The van der Waals surface area contributed by atoms with Crippen molar-refractivity contribution in [2.45, 2.75) is 63.1 Å². The van der Waals surface area contributed by atoms with Crippen molar-refractivity contribution >= 4 is 0 Å². The van der Waals surface area contributed by atoms with E-state index in [1.54, 1.807) is 6.07 Å². The van der Waals surface area contributed by atoms with E-state index in [0.717, 1.165) is 31.2 Å². The topological polar surface area (TPSA) is 41.5 Å². The molecule has 0 atom stereocenters. The first-order valence-electron chi connectivity index (χ1n) is 8.02. The number of benzene rings is 1. The van der Waals surface area contributed by atoms with E-state index in [4.69, 9.17) is 4.74 Å². The molecule has 0 unspecified atom stereocenters. The molecule has 0 amide bonds. The zero-order valence-electron chi connectivity index (χ0n) is 12.4. The fraction of sp³-hybridized carbons (Fsp3) is 0.647. The number of aliphatic hydroxyl groups is 1.